The number of nitrogens with zero attached hydrogens (tertiary/aromatic N) is 3. The van der Waals surface area contributed by atoms with Gasteiger partial charge in [0.1, 0.15) is 9.71 Å². The first-order chi connectivity index (χ1) is 12.0. The monoisotopic (exact) mass is 393 g/mol. The summed E-state index contributed by atoms with van der Waals surface area (Å²) in [6.45, 7) is 6.35. The van der Waals surface area contributed by atoms with Crippen molar-refractivity contribution in [1.82, 2.24) is 15.2 Å². The summed E-state index contributed by atoms with van der Waals surface area (Å²) in [5.74, 6) is 1.17. The maximum atomic E-state index is 12.6. The number of nitrogen functional groups attached to an aromatic ring is 1. The number of hydrogen-bond donors (Lipinski definition) is 2. The van der Waals surface area contributed by atoms with Crippen LogP contribution in [0.3, 0.4) is 0 Å². The molecule has 3 aromatic rings. The van der Waals surface area contributed by atoms with E-state index in [1.807, 2.05) is 19.1 Å². The average molecular weight is 394 g/mol. The highest BCUT2D eigenvalue weighted by atomic mass is 32.2. The Balaban J connectivity index is 1.83. The van der Waals surface area contributed by atoms with Crippen LogP contribution >= 0.6 is 34.4 Å². The number of rotatable bonds is 6. The van der Waals surface area contributed by atoms with Crippen LogP contribution in [0, 0.1) is 5.92 Å². The number of thiophene rings is 1. The van der Waals surface area contributed by atoms with Crippen molar-refractivity contribution in [3.05, 3.63) is 22.7 Å². The van der Waals surface area contributed by atoms with Gasteiger partial charge in [0.05, 0.1) is 5.69 Å². The smallest absolute Gasteiger partial charge is 0.269 e. The van der Waals surface area contributed by atoms with Crippen molar-refractivity contribution in [3.63, 3.8) is 0 Å². The number of nitrogens with two attached hydrogens (primary N) is 1. The van der Waals surface area contributed by atoms with E-state index in [0.717, 1.165) is 32.4 Å². The number of hydrogen-bond acceptors (Lipinski definition) is 8. The number of carbonyl (C=O) groups is 1. The van der Waals surface area contributed by atoms with Crippen LogP contribution in [0.5, 0.6) is 0 Å². The van der Waals surface area contributed by atoms with E-state index in [9.17, 15) is 4.79 Å². The van der Waals surface area contributed by atoms with Gasteiger partial charge < -0.3 is 5.73 Å². The van der Waals surface area contributed by atoms with Crippen LogP contribution in [0.25, 0.3) is 10.2 Å². The van der Waals surface area contributed by atoms with E-state index in [1.165, 1.54) is 22.7 Å². The molecule has 0 aliphatic rings. The summed E-state index contributed by atoms with van der Waals surface area (Å²) in [7, 11) is 0. The number of fused-ring (bicyclic) bond motifs is 1. The van der Waals surface area contributed by atoms with Crippen molar-refractivity contribution < 1.29 is 4.79 Å². The molecule has 0 atom stereocenters. The van der Waals surface area contributed by atoms with Crippen LogP contribution < -0.4 is 11.1 Å². The summed E-state index contributed by atoms with van der Waals surface area (Å²) in [5, 5.41) is 12.1. The zero-order chi connectivity index (χ0) is 18.0. The summed E-state index contributed by atoms with van der Waals surface area (Å²) in [6, 6.07) is 3.93. The summed E-state index contributed by atoms with van der Waals surface area (Å²) in [6.07, 6.45) is 0.901. The van der Waals surface area contributed by atoms with Crippen LogP contribution in [0.4, 0.5) is 10.8 Å². The number of amides is 1. The molecule has 3 N–H and O–H groups in total. The van der Waals surface area contributed by atoms with Gasteiger partial charge in [0.2, 0.25) is 5.13 Å². The molecule has 0 saturated carbocycles. The zero-order valence-corrected chi connectivity index (χ0v) is 16.6. The fourth-order valence-corrected chi connectivity index (χ4v) is 4.98. The molecule has 132 valence electrons. The first-order valence-electron chi connectivity index (χ1n) is 7.93. The van der Waals surface area contributed by atoms with Gasteiger partial charge in [-0.1, -0.05) is 43.9 Å². The Labute approximate surface area is 158 Å². The molecule has 3 rings (SSSR count). The van der Waals surface area contributed by atoms with Crippen LogP contribution in [0.2, 0.25) is 0 Å². The number of pyridine rings is 1. The van der Waals surface area contributed by atoms with E-state index in [0.29, 0.717) is 21.6 Å². The van der Waals surface area contributed by atoms with Gasteiger partial charge >= 0.3 is 0 Å². The third-order valence-corrected chi connectivity index (χ3v) is 6.34. The van der Waals surface area contributed by atoms with E-state index in [2.05, 4.69) is 34.3 Å². The molecule has 25 heavy (non-hydrogen) atoms. The molecule has 0 aliphatic heterocycles. The van der Waals surface area contributed by atoms with Gasteiger partial charge in [-0.2, -0.15) is 0 Å². The molecule has 0 aromatic carbocycles. The molecule has 0 aliphatic carbocycles. The van der Waals surface area contributed by atoms with Crippen molar-refractivity contribution in [3.8, 4) is 0 Å². The Bertz CT molecular complexity index is 902. The van der Waals surface area contributed by atoms with Gasteiger partial charge in [0.25, 0.3) is 5.91 Å². The minimum absolute atomic E-state index is 0.268. The van der Waals surface area contributed by atoms with E-state index < -0.39 is 0 Å². The van der Waals surface area contributed by atoms with E-state index in [-0.39, 0.29) is 5.91 Å². The predicted molar refractivity (Wildman–Crippen MR) is 107 cm³/mol. The first kappa shape index (κ1) is 18.1. The zero-order valence-electron chi connectivity index (χ0n) is 14.2. The molecule has 0 spiro atoms. The molecule has 6 nitrogen and oxygen atoms in total. The fraction of sp³-hybridized carbons (Fsp3) is 0.375. The average Bonchev–Trinajstić information content (AvgIpc) is 3.12. The highest BCUT2D eigenvalue weighted by molar-refractivity contribution is 8.01. The lowest BCUT2D eigenvalue weighted by atomic mass is 10.1. The molecular weight excluding hydrogens is 374 g/mol. The van der Waals surface area contributed by atoms with Crippen LogP contribution in [0.1, 0.15) is 36.1 Å². The summed E-state index contributed by atoms with van der Waals surface area (Å²) in [4.78, 5) is 18.5. The molecule has 0 bridgehead atoms. The Morgan fingerprint density at radius 1 is 1.32 bits per heavy atom. The van der Waals surface area contributed by atoms with Gasteiger partial charge in [-0.05, 0) is 30.2 Å². The lowest BCUT2D eigenvalue weighted by Crippen LogP contribution is -2.11. The molecule has 0 saturated heterocycles. The second-order valence-electron chi connectivity index (χ2n) is 5.86. The lowest BCUT2D eigenvalue weighted by molar-refractivity contribution is 0.103. The molecule has 1 amide bonds. The molecule has 3 aromatic heterocycles. The first-order valence-corrected chi connectivity index (χ1v) is 10.5. The summed E-state index contributed by atoms with van der Waals surface area (Å²) < 4.78 is 0.835. The van der Waals surface area contributed by atoms with Crippen LogP contribution in [0.15, 0.2) is 16.5 Å². The third-order valence-electron chi connectivity index (χ3n) is 3.37. The molecule has 9 heteroatoms. The molecule has 0 fully saturated rings. The number of carbonyl (C=O) groups excluding carboxylic acids is 1. The second-order valence-corrected chi connectivity index (χ2v) is 9.35. The SMILES string of the molecule is CCSc1nnc(NC(=O)c2sc3nc(CC(C)C)ccc3c2N)s1. The van der Waals surface area contributed by atoms with Gasteiger partial charge in [-0.25, -0.2) is 4.98 Å². The van der Waals surface area contributed by atoms with E-state index in [1.54, 1.807) is 11.8 Å². The minimum Gasteiger partial charge on any atom is -0.397 e. The van der Waals surface area contributed by atoms with Crippen molar-refractivity contribution in [2.24, 2.45) is 5.92 Å². The van der Waals surface area contributed by atoms with Gasteiger partial charge in [-0.15, -0.1) is 21.5 Å². The molecular formula is C16H19N5OS3. The van der Waals surface area contributed by atoms with Gasteiger partial charge in [-0.3, -0.25) is 10.1 Å². The quantitative estimate of drug-likeness (QED) is 0.479. The normalized spacial score (nSPS) is 11.4. The predicted octanol–water partition coefficient (Wildman–Crippen LogP) is 4.29. The highest BCUT2D eigenvalue weighted by Crippen LogP contribution is 2.34. The molecule has 0 radical (unpaired) electrons. The van der Waals surface area contributed by atoms with Crippen molar-refractivity contribution in [2.45, 2.75) is 31.5 Å². The van der Waals surface area contributed by atoms with E-state index >= 15 is 0 Å². The minimum atomic E-state index is -0.268. The molecule has 0 unspecified atom stereocenters. The van der Waals surface area contributed by atoms with Crippen LogP contribution in [-0.2, 0) is 6.42 Å². The second kappa shape index (κ2) is 7.67. The fourth-order valence-electron chi connectivity index (χ4n) is 2.33. The Morgan fingerprint density at radius 2 is 2.12 bits per heavy atom. The topological polar surface area (TPSA) is 93.8 Å². The number of aromatic nitrogens is 3. The number of anilines is 2. The summed E-state index contributed by atoms with van der Waals surface area (Å²) >= 11 is 4.27. The van der Waals surface area contributed by atoms with Gasteiger partial charge in [0, 0.05) is 11.1 Å². The number of nitrogens with one attached hydrogen (secondary N) is 1. The maximum absolute atomic E-state index is 12.6. The largest absolute Gasteiger partial charge is 0.397 e. The Hall–Kier alpha value is -1.71. The molecule has 3 heterocycles. The van der Waals surface area contributed by atoms with E-state index in [4.69, 9.17) is 5.73 Å². The third kappa shape index (κ3) is 4.10. The van der Waals surface area contributed by atoms with Crippen molar-refractivity contribution >= 4 is 61.4 Å². The highest BCUT2D eigenvalue weighted by Gasteiger charge is 2.19. The van der Waals surface area contributed by atoms with Crippen molar-refractivity contribution in [1.29, 1.82) is 0 Å². The van der Waals surface area contributed by atoms with Crippen LogP contribution in [-0.4, -0.2) is 26.8 Å². The van der Waals surface area contributed by atoms with Crippen molar-refractivity contribution in [2.75, 3.05) is 16.8 Å². The van der Waals surface area contributed by atoms with Gasteiger partial charge in [0.15, 0.2) is 4.34 Å². The Morgan fingerprint density at radius 3 is 2.84 bits per heavy atom. The standard InChI is InChI=1S/C16H19N5OS3/c1-4-23-16-21-20-15(25-16)19-13(22)12-11(17)10-6-5-9(7-8(2)3)18-14(10)24-12/h5-6,8H,4,7,17H2,1-3H3,(H,19,20,22). The Kier molecular flexibility index (Phi) is 5.55. The number of thioether (sulfide) groups is 1. The lowest BCUT2D eigenvalue weighted by Gasteiger charge is -2.03. The maximum Gasteiger partial charge on any atom is 0.269 e. The summed E-state index contributed by atoms with van der Waals surface area (Å²) in [5.41, 5.74) is 7.65.